The number of halogens is 1. The lowest BCUT2D eigenvalue weighted by Crippen LogP contribution is -2.33. The molecule has 1 atom stereocenters. The lowest BCUT2D eigenvalue weighted by molar-refractivity contribution is -0.127. The Hall–Kier alpha value is -1.66. The van der Waals surface area contributed by atoms with Gasteiger partial charge in [-0.1, -0.05) is 22.0 Å². The minimum Gasteiger partial charge on any atom is -0.481 e. The number of carbonyl (C=O) groups excluding carboxylic acids is 1. The average Bonchev–Trinajstić information content (AvgIpc) is 2.84. The average molecular weight is 367 g/mol. The molecule has 0 aliphatic heterocycles. The summed E-state index contributed by atoms with van der Waals surface area (Å²) >= 11 is 4.93. The van der Waals surface area contributed by atoms with Crippen LogP contribution in [0, 0.1) is 6.92 Å². The van der Waals surface area contributed by atoms with Crippen molar-refractivity contribution in [1.82, 2.24) is 5.43 Å². The number of hydrogen-bond donors (Lipinski definition) is 1. The molecule has 0 saturated heterocycles. The second-order valence-corrected chi connectivity index (χ2v) is 6.28. The molecule has 1 heterocycles. The summed E-state index contributed by atoms with van der Waals surface area (Å²) in [4.78, 5) is 12.9. The Morgan fingerprint density at radius 2 is 2.29 bits per heavy atom. The number of thiophene rings is 1. The van der Waals surface area contributed by atoms with E-state index in [1.165, 1.54) is 0 Å². The predicted molar refractivity (Wildman–Crippen MR) is 89.0 cm³/mol. The molecule has 1 aromatic heterocycles. The Balaban J connectivity index is 1.88. The van der Waals surface area contributed by atoms with E-state index in [1.54, 1.807) is 30.5 Å². The molecular weight excluding hydrogens is 352 g/mol. The van der Waals surface area contributed by atoms with Crippen molar-refractivity contribution in [3.8, 4) is 5.75 Å². The van der Waals surface area contributed by atoms with Gasteiger partial charge in [0, 0.05) is 9.35 Å². The normalized spacial score (nSPS) is 12.3. The zero-order chi connectivity index (χ0) is 15.2. The van der Waals surface area contributed by atoms with Gasteiger partial charge in [-0.3, -0.25) is 4.79 Å². The highest BCUT2D eigenvalue weighted by Crippen LogP contribution is 2.18. The minimum atomic E-state index is -0.624. The summed E-state index contributed by atoms with van der Waals surface area (Å²) in [6, 6.07) is 9.36. The second-order valence-electron chi connectivity index (χ2n) is 4.42. The molecule has 110 valence electrons. The molecule has 0 aliphatic carbocycles. The van der Waals surface area contributed by atoms with E-state index in [0.717, 1.165) is 14.9 Å². The molecule has 0 radical (unpaired) electrons. The van der Waals surface area contributed by atoms with Crippen LogP contribution in [-0.2, 0) is 4.79 Å². The van der Waals surface area contributed by atoms with Gasteiger partial charge in [0.05, 0.1) is 6.21 Å². The van der Waals surface area contributed by atoms with Crippen LogP contribution in [-0.4, -0.2) is 18.2 Å². The van der Waals surface area contributed by atoms with Crippen molar-refractivity contribution in [2.45, 2.75) is 20.0 Å². The van der Waals surface area contributed by atoms with Crippen LogP contribution in [0.4, 0.5) is 0 Å². The van der Waals surface area contributed by atoms with Gasteiger partial charge in [-0.15, -0.1) is 11.3 Å². The van der Waals surface area contributed by atoms with Gasteiger partial charge in [-0.05, 0) is 49.1 Å². The molecule has 0 saturated carbocycles. The molecule has 6 heteroatoms. The SMILES string of the molecule is Cc1ccsc1/C=N/NC(=O)C(C)Oc1cccc(Br)c1. The fourth-order valence-electron chi connectivity index (χ4n) is 1.56. The Morgan fingerprint density at radius 1 is 1.48 bits per heavy atom. The van der Waals surface area contributed by atoms with E-state index < -0.39 is 6.10 Å². The standard InChI is InChI=1S/C15H15BrN2O2S/c1-10-6-7-21-14(10)9-17-18-15(19)11(2)20-13-5-3-4-12(16)8-13/h3-9,11H,1-2H3,(H,18,19)/b17-9+. The summed E-state index contributed by atoms with van der Waals surface area (Å²) in [5.74, 6) is 0.338. The van der Waals surface area contributed by atoms with Gasteiger partial charge in [0.15, 0.2) is 6.10 Å². The maximum absolute atomic E-state index is 11.9. The highest BCUT2D eigenvalue weighted by Gasteiger charge is 2.13. The van der Waals surface area contributed by atoms with Crippen molar-refractivity contribution in [3.63, 3.8) is 0 Å². The van der Waals surface area contributed by atoms with E-state index >= 15 is 0 Å². The number of benzene rings is 1. The number of nitrogens with one attached hydrogen (secondary N) is 1. The molecule has 0 fully saturated rings. The molecule has 0 aliphatic rings. The number of aryl methyl sites for hydroxylation is 1. The molecule has 2 rings (SSSR count). The monoisotopic (exact) mass is 366 g/mol. The van der Waals surface area contributed by atoms with Crippen LogP contribution in [0.25, 0.3) is 0 Å². The topological polar surface area (TPSA) is 50.7 Å². The van der Waals surface area contributed by atoms with E-state index in [4.69, 9.17) is 4.74 Å². The summed E-state index contributed by atoms with van der Waals surface area (Å²) in [6.45, 7) is 3.68. The summed E-state index contributed by atoms with van der Waals surface area (Å²) in [7, 11) is 0. The molecule has 1 aromatic carbocycles. The molecule has 0 bridgehead atoms. The van der Waals surface area contributed by atoms with Gasteiger partial charge in [0.1, 0.15) is 5.75 Å². The number of nitrogens with zero attached hydrogens (tertiary/aromatic N) is 1. The summed E-state index contributed by atoms with van der Waals surface area (Å²) in [5.41, 5.74) is 3.62. The van der Waals surface area contributed by atoms with Gasteiger partial charge >= 0.3 is 0 Å². The van der Waals surface area contributed by atoms with Crippen LogP contribution in [0.3, 0.4) is 0 Å². The second kappa shape index (κ2) is 7.38. The molecule has 1 N–H and O–H groups in total. The van der Waals surface area contributed by atoms with Crippen LogP contribution in [0.1, 0.15) is 17.4 Å². The lowest BCUT2D eigenvalue weighted by atomic mass is 10.3. The lowest BCUT2D eigenvalue weighted by Gasteiger charge is -2.12. The van der Waals surface area contributed by atoms with Gasteiger partial charge in [-0.25, -0.2) is 5.43 Å². The fourth-order valence-corrected chi connectivity index (χ4v) is 2.72. The number of hydrazone groups is 1. The Labute approximate surface area is 136 Å². The van der Waals surface area contributed by atoms with E-state index in [2.05, 4.69) is 26.5 Å². The minimum absolute atomic E-state index is 0.291. The molecular formula is C15H15BrN2O2S. The summed E-state index contributed by atoms with van der Waals surface area (Å²) < 4.78 is 6.46. The number of carbonyl (C=O) groups is 1. The molecule has 2 aromatic rings. The third-order valence-electron chi connectivity index (χ3n) is 2.74. The molecule has 1 unspecified atom stereocenters. The van der Waals surface area contributed by atoms with E-state index in [1.807, 2.05) is 36.6 Å². The molecule has 4 nitrogen and oxygen atoms in total. The first-order valence-electron chi connectivity index (χ1n) is 6.35. The number of hydrogen-bond acceptors (Lipinski definition) is 4. The third-order valence-corrected chi connectivity index (χ3v) is 4.18. The maximum atomic E-state index is 11.9. The highest BCUT2D eigenvalue weighted by atomic mass is 79.9. The van der Waals surface area contributed by atoms with Crippen LogP contribution >= 0.6 is 27.3 Å². The largest absolute Gasteiger partial charge is 0.481 e. The molecule has 1 amide bonds. The van der Waals surface area contributed by atoms with Gasteiger partial charge in [0.2, 0.25) is 0 Å². The fraction of sp³-hybridized carbons (Fsp3) is 0.200. The summed E-state index contributed by atoms with van der Waals surface area (Å²) in [6.07, 6.45) is 1.02. The van der Waals surface area contributed by atoms with Gasteiger partial charge in [-0.2, -0.15) is 5.10 Å². The van der Waals surface area contributed by atoms with Crippen molar-refractivity contribution in [2.24, 2.45) is 5.10 Å². The number of rotatable bonds is 5. The zero-order valence-electron chi connectivity index (χ0n) is 11.7. The first-order valence-corrected chi connectivity index (χ1v) is 8.03. The highest BCUT2D eigenvalue weighted by molar-refractivity contribution is 9.10. The number of ether oxygens (including phenoxy) is 1. The molecule has 0 spiro atoms. The van der Waals surface area contributed by atoms with Crippen molar-refractivity contribution < 1.29 is 9.53 Å². The summed E-state index contributed by atoms with van der Waals surface area (Å²) in [5, 5.41) is 5.94. The smallest absolute Gasteiger partial charge is 0.280 e. The van der Waals surface area contributed by atoms with Gasteiger partial charge < -0.3 is 4.74 Å². The van der Waals surface area contributed by atoms with Crippen LogP contribution in [0.15, 0.2) is 45.3 Å². The first kappa shape index (κ1) is 15.7. The quantitative estimate of drug-likeness (QED) is 0.647. The van der Waals surface area contributed by atoms with Crippen molar-refractivity contribution in [3.05, 3.63) is 50.6 Å². The van der Waals surface area contributed by atoms with Crippen molar-refractivity contribution >= 4 is 39.4 Å². The van der Waals surface area contributed by atoms with Crippen molar-refractivity contribution in [2.75, 3.05) is 0 Å². The third kappa shape index (κ3) is 4.68. The Kier molecular flexibility index (Phi) is 5.52. The first-order chi connectivity index (χ1) is 10.1. The van der Waals surface area contributed by atoms with Crippen molar-refractivity contribution in [1.29, 1.82) is 0 Å². The van der Waals surface area contributed by atoms with E-state index in [0.29, 0.717) is 5.75 Å². The zero-order valence-corrected chi connectivity index (χ0v) is 14.1. The van der Waals surface area contributed by atoms with Crippen LogP contribution in [0.5, 0.6) is 5.75 Å². The predicted octanol–water partition coefficient (Wildman–Crippen LogP) is 3.74. The van der Waals surface area contributed by atoms with E-state index in [9.17, 15) is 4.79 Å². The molecule has 21 heavy (non-hydrogen) atoms. The van der Waals surface area contributed by atoms with Crippen LogP contribution in [0.2, 0.25) is 0 Å². The van der Waals surface area contributed by atoms with Crippen LogP contribution < -0.4 is 10.2 Å². The number of amides is 1. The van der Waals surface area contributed by atoms with E-state index in [-0.39, 0.29) is 5.91 Å². The maximum Gasteiger partial charge on any atom is 0.280 e. The Morgan fingerprint density at radius 3 is 2.95 bits per heavy atom. The Bertz CT molecular complexity index is 655. The van der Waals surface area contributed by atoms with Gasteiger partial charge in [0.25, 0.3) is 5.91 Å².